The average Bonchev–Trinajstić information content (AvgIpc) is 2.93. The minimum atomic E-state index is -4.08. The molecule has 39 heavy (non-hydrogen) atoms. The molecule has 0 unspecified atom stereocenters. The largest absolute Gasteiger partial charge is 0.354 e. The maximum Gasteiger partial charge on any atom is 0.264 e. The van der Waals surface area contributed by atoms with Gasteiger partial charge in [0, 0.05) is 13.1 Å². The lowest BCUT2D eigenvalue weighted by Gasteiger charge is -2.32. The number of sulfonamides is 1. The Morgan fingerprint density at radius 1 is 0.897 bits per heavy atom. The predicted octanol–water partition coefficient (Wildman–Crippen LogP) is 4.94. The Balaban J connectivity index is 2.04. The summed E-state index contributed by atoms with van der Waals surface area (Å²) in [5.74, 6) is -0.496. The molecule has 0 aliphatic rings. The van der Waals surface area contributed by atoms with Crippen LogP contribution in [0.5, 0.6) is 0 Å². The molecule has 7 nitrogen and oxygen atoms in total. The van der Waals surface area contributed by atoms with Gasteiger partial charge in [0.2, 0.25) is 11.8 Å². The van der Waals surface area contributed by atoms with E-state index >= 15 is 0 Å². The van der Waals surface area contributed by atoms with Crippen LogP contribution in [0.4, 0.5) is 5.69 Å². The topological polar surface area (TPSA) is 86.8 Å². The fraction of sp³-hybridized carbons (Fsp3) is 0.355. The van der Waals surface area contributed by atoms with Crippen molar-refractivity contribution in [3.8, 4) is 0 Å². The molecule has 3 aromatic carbocycles. The van der Waals surface area contributed by atoms with Crippen LogP contribution in [-0.2, 0) is 32.6 Å². The number of hydrogen-bond acceptors (Lipinski definition) is 4. The number of para-hydroxylation sites is 1. The van der Waals surface area contributed by atoms with Crippen LogP contribution in [-0.4, -0.2) is 44.3 Å². The Hall–Kier alpha value is -3.65. The normalized spacial score (nSPS) is 12.2. The van der Waals surface area contributed by atoms with E-state index in [-0.39, 0.29) is 23.3 Å². The summed E-state index contributed by atoms with van der Waals surface area (Å²) in [6.45, 7) is 9.79. The Kier molecular flexibility index (Phi) is 10.3. The van der Waals surface area contributed by atoms with Gasteiger partial charge < -0.3 is 10.2 Å². The van der Waals surface area contributed by atoms with Crippen molar-refractivity contribution < 1.29 is 18.0 Å². The summed E-state index contributed by atoms with van der Waals surface area (Å²) < 4.78 is 29.0. The zero-order valence-corrected chi connectivity index (χ0v) is 24.2. The number of aryl methyl sites for hydroxylation is 2. The molecule has 208 valence electrons. The summed E-state index contributed by atoms with van der Waals surface area (Å²) in [7, 11) is -4.08. The molecule has 1 atom stereocenters. The van der Waals surface area contributed by atoms with E-state index in [2.05, 4.69) is 5.32 Å². The molecule has 0 aliphatic carbocycles. The van der Waals surface area contributed by atoms with E-state index in [0.717, 1.165) is 16.7 Å². The first-order valence-electron chi connectivity index (χ1n) is 13.3. The second-order valence-electron chi connectivity index (χ2n) is 10.1. The summed E-state index contributed by atoms with van der Waals surface area (Å²) in [5.41, 5.74) is 3.14. The number of carbonyl (C=O) groups excluding carboxylic acids is 2. The van der Waals surface area contributed by atoms with Gasteiger partial charge in [0.1, 0.15) is 12.6 Å². The highest BCUT2D eigenvalue weighted by atomic mass is 32.2. The Bertz CT molecular complexity index is 1370. The van der Waals surface area contributed by atoms with Crippen LogP contribution in [0, 0.1) is 12.8 Å². The highest BCUT2D eigenvalue weighted by Crippen LogP contribution is 2.28. The van der Waals surface area contributed by atoms with Gasteiger partial charge in [0.05, 0.1) is 10.6 Å². The lowest BCUT2D eigenvalue weighted by molar-refractivity contribution is -0.139. The van der Waals surface area contributed by atoms with Crippen molar-refractivity contribution in [3.05, 3.63) is 95.6 Å². The molecule has 3 rings (SSSR count). The van der Waals surface area contributed by atoms with Crippen LogP contribution >= 0.6 is 0 Å². The number of hydrogen-bond donors (Lipinski definition) is 1. The van der Waals surface area contributed by atoms with Gasteiger partial charge in [0.25, 0.3) is 10.0 Å². The van der Waals surface area contributed by atoms with E-state index < -0.39 is 28.5 Å². The van der Waals surface area contributed by atoms with Crippen molar-refractivity contribution in [2.75, 3.05) is 17.4 Å². The third kappa shape index (κ3) is 7.69. The molecular formula is C31H39N3O4S. The monoisotopic (exact) mass is 549 g/mol. The van der Waals surface area contributed by atoms with Gasteiger partial charge in [-0.2, -0.15) is 0 Å². The molecule has 0 fully saturated rings. The molecule has 0 bridgehead atoms. The number of carbonyl (C=O) groups is 2. The quantitative estimate of drug-likeness (QED) is 0.347. The zero-order valence-electron chi connectivity index (χ0n) is 23.4. The van der Waals surface area contributed by atoms with E-state index in [1.165, 1.54) is 21.3 Å². The summed E-state index contributed by atoms with van der Waals surface area (Å²) >= 11 is 0. The van der Waals surface area contributed by atoms with Crippen LogP contribution in [0.15, 0.2) is 83.8 Å². The third-order valence-electron chi connectivity index (χ3n) is 6.54. The first-order chi connectivity index (χ1) is 18.5. The SMILES string of the molecule is CCc1ccccc1N(CC(=O)N(Cc1cccc(C)c1)[C@H](C)C(=O)NCC(C)C)S(=O)(=O)c1ccccc1. The van der Waals surface area contributed by atoms with Crippen molar-refractivity contribution in [3.63, 3.8) is 0 Å². The molecule has 0 saturated carbocycles. The summed E-state index contributed by atoms with van der Waals surface area (Å²) in [6.07, 6.45) is 0.589. The van der Waals surface area contributed by atoms with Crippen molar-refractivity contribution in [2.45, 2.75) is 58.5 Å². The van der Waals surface area contributed by atoms with E-state index in [1.807, 2.05) is 64.1 Å². The lowest BCUT2D eigenvalue weighted by atomic mass is 10.1. The van der Waals surface area contributed by atoms with E-state index in [1.54, 1.807) is 37.3 Å². The van der Waals surface area contributed by atoms with Crippen molar-refractivity contribution in [2.24, 2.45) is 5.92 Å². The molecule has 0 saturated heterocycles. The maximum absolute atomic E-state index is 14.0. The summed E-state index contributed by atoms with van der Waals surface area (Å²) in [5, 5.41) is 2.91. The molecule has 3 aromatic rings. The minimum Gasteiger partial charge on any atom is -0.354 e. The van der Waals surface area contributed by atoms with Gasteiger partial charge in [-0.05, 0) is 55.5 Å². The zero-order chi connectivity index (χ0) is 28.6. The number of amides is 2. The van der Waals surface area contributed by atoms with E-state index in [4.69, 9.17) is 0 Å². The molecular weight excluding hydrogens is 510 g/mol. The van der Waals surface area contributed by atoms with E-state index in [9.17, 15) is 18.0 Å². The van der Waals surface area contributed by atoms with Crippen LogP contribution in [0.2, 0.25) is 0 Å². The van der Waals surface area contributed by atoms with Crippen LogP contribution in [0.1, 0.15) is 44.4 Å². The third-order valence-corrected chi connectivity index (χ3v) is 8.31. The lowest BCUT2D eigenvalue weighted by Crippen LogP contribution is -2.51. The Labute approximate surface area is 232 Å². The molecule has 0 aromatic heterocycles. The summed E-state index contributed by atoms with van der Waals surface area (Å²) in [4.78, 5) is 28.7. The molecule has 0 aliphatic heterocycles. The Morgan fingerprint density at radius 2 is 1.56 bits per heavy atom. The number of anilines is 1. The van der Waals surface area contributed by atoms with Crippen LogP contribution < -0.4 is 9.62 Å². The van der Waals surface area contributed by atoms with Gasteiger partial charge in [-0.25, -0.2) is 8.42 Å². The second kappa shape index (κ2) is 13.4. The molecule has 0 heterocycles. The number of rotatable bonds is 12. The van der Waals surface area contributed by atoms with Gasteiger partial charge >= 0.3 is 0 Å². The average molecular weight is 550 g/mol. The maximum atomic E-state index is 14.0. The minimum absolute atomic E-state index is 0.0941. The molecule has 8 heteroatoms. The molecule has 1 N–H and O–H groups in total. The van der Waals surface area contributed by atoms with E-state index in [0.29, 0.717) is 18.7 Å². The fourth-order valence-electron chi connectivity index (χ4n) is 4.33. The van der Waals surface area contributed by atoms with Crippen molar-refractivity contribution in [1.29, 1.82) is 0 Å². The first-order valence-corrected chi connectivity index (χ1v) is 14.8. The fourth-order valence-corrected chi connectivity index (χ4v) is 5.80. The highest BCUT2D eigenvalue weighted by Gasteiger charge is 2.33. The Morgan fingerprint density at radius 3 is 2.21 bits per heavy atom. The van der Waals surface area contributed by atoms with Gasteiger partial charge in [0.15, 0.2) is 0 Å². The number of nitrogens with zero attached hydrogens (tertiary/aromatic N) is 2. The number of benzene rings is 3. The number of nitrogens with one attached hydrogen (secondary N) is 1. The van der Waals surface area contributed by atoms with Gasteiger partial charge in [-0.15, -0.1) is 0 Å². The first kappa shape index (κ1) is 29.9. The smallest absolute Gasteiger partial charge is 0.264 e. The highest BCUT2D eigenvalue weighted by molar-refractivity contribution is 7.92. The van der Waals surface area contributed by atoms with Gasteiger partial charge in [-0.3, -0.25) is 13.9 Å². The summed E-state index contributed by atoms with van der Waals surface area (Å²) in [6, 6.07) is 22.2. The molecule has 2 amide bonds. The predicted molar refractivity (Wildman–Crippen MR) is 156 cm³/mol. The molecule has 0 radical (unpaired) electrons. The van der Waals surface area contributed by atoms with Crippen molar-refractivity contribution in [1.82, 2.24) is 10.2 Å². The van der Waals surface area contributed by atoms with Crippen LogP contribution in [0.25, 0.3) is 0 Å². The molecule has 0 spiro atoms. The second-order valence-corrected chi connectivity index (χ2v) is 12.0. The standard InChI is InChI=1S/C31H39N3O4S/c1-6-27-15-10-11-18-29(27)34(39(37,38)28-16-8-7-9-17-28)22-30(35)33(21-26-14-12-13-24(4)19-26)25(5)31(36)32-20-23(2)3/h7-19,23,25H,6,20-22H2,1-5H3,(H,32,36)/t25-/m1/s1. The van der Waals surface area contributed by atoms with Crippen LogP contribution in [0.3, 0.4) is 0 Å². The van der Waals surface area contributed by atoms with Crippen molar-refractivity contribution >= 4 is 27.5 Å². The van der Waals surface area contributed by atoms with Gasteiger partial charge in [-0.1, -0.05) is 87.0 Å².